The van der Waals surface area contributed by atoms with Crippen LogP contribution in [0.2, 0.25) is 0 Å². The highest BCUT2D eigenvalue weighted by Gasteiger charge is 2.51. The van der Waals surface area contributed by atoms with Crippen LogP contribution in [0.5, 0.6) is 0 Å². The van der Waals surface area contributed by atoms with Gasteiger partial charge in [-0.15, -0.1) is 0 Å². The highest BCUT2D eigenvalue weighted by Crippen LogP contribution is 2.47. The molecule has 382 valence electrons. The van der Waals surface area contributed by atoms with Crippen molar-refractivity contribution >= 4 is 19.8 Å². The van der Waals surface area contributed by atoms with E-state index in [1.54, 1.807) is 0 Å². The molecule has 0 saturated heterocycles. The zero-order chi connectivity index (χ0) is 47.8. The molecule has 65 heavy (non-hydrogen) atoms. The van der Waals surface area contributed by atoms with E-state index in [0.717, 1.165) is 51.4 Å². The van der Waals surface area contributed by atoms with Crippen LogP contribution in [-0.4, -0.2) is 98.3 Å². The number of ether oxygens (including phenoxy) is 2. The maximum atomic E-state index is 12.8. The minimum Gasteiger partial charge on any atom is -0.462 e. The molecule has 1 saturated carbocycles. The predicted octanol–water partition coefficient (Wildman–Crippen LogP) is 11.2. The first-order chi connectivity index (χ1) is 31.4. The molecule has 0 bridgehead atoms. The lowest BCUT2D eigenvalue weighted by atomic mass is 9.85. The SMILES string of the molecule is CCCCCCCC/C=C/C/C=C/CCCCC(=O)OC[C@H](COP(=O)(O)OC1C(O)C(O)C(O)[C@@H](O)C1O)OC(=O)CCCCCCCCCCCCCCCCCCCCCCC. The summed E-state index contributed by atoms with van der Waals surface area (Å²) in [6, 6.07) is 0. The summed E-state index contributed by atoms with van der Waals surface area (Å²) in [5.74, 6) is -1.13. The van der Waals surface area contributed by atoms with Crippen LogP contribution < -0.4 is 0 Å². The number of aliphatic hydroxyl groups is 5. The molecule has 1 aliphatic carbocycles. The summed E-state index contributed by atoms with van der Waals surface area (Å²) in [7, 11) is -5.13. The van der Waals surface area contributed by atoms with E-state index in [1.807, 2.05) is 0 Å². The smallest absolute Gasteiger partial charge is 0.462 e. The average molecular weight is 947 g/mol. The summed E-state index contributed by atoms with van der Waals surface area (Å²) >= 11 is 0. The number of rotatable bonds is 44. The maximum absolute atomic E-state index is 12.8. The third-order valence-corrected chi connectivity index (χ3v) is 13.3. The average Bonchev–Trinajstić information content (AvgIpc) is 3.29. The third kappa shape index (κ3) is 33.5. The van der Waals surface area contributed by atoms with Gasteiger partial charge in [0.05, 0.1) is 6.61 Å². The Morgan fingerprint density at radius 3 is 1.28 bits per heavy atom. The van der Waals surface area contributed by atoms with Crippen LogP contribution in [0.1, 0.15) is 232 Å². The number of hydrogen-bond acceptors (Lipinski definition) is 12. The highest BCUT2D eigenvalue weighted by atomic mass is 31.2. The van der Waals surface area contributed by atoms with E-state index < -0.39 is 75.7 Å². The molecule has 0 amide bonds. The quantitative estimate of drug-likeness (QED) is 0.0146. The summed E-state index contributed by atoms with van der Waals surface area (Å²) in [6.07, 6.45) is 33.8. The number of phosphoric ester groups is 1. The predicted molar refractivity (Wildman–Crippen MR) is 258 cm³/mol. The van der Waals surface area contributed by atoms with Crippen LogP contribution in [0, 0.1) is 0 Å². The van der Waals surface area contributed by atoms with Gasteiger partial charge in [0.2, 0.25) is 0 Å². The summed E-state index contributed by atoms with van der Waals surface area (Å²) < 4.78 is 33.6. The molecule has 0 heterocycles. The summed E-state index contributed by atoms with van der Waals surface area (Å²) in [5, 5.41) is 50.2. The Kier molecular flexibility index (Phi) is 39.0. The van der Waals surface area contributed by atoms with Gasteiger partial charge < -0.3 is 39.9 Å². The molecule has 6 N–H and O–H groups in total. The zero-order valence-corrected chi connectivity index (χ0v) is 41.7. The van der Waals surface area contributed by atoms with E-state index in [9.17, 15) is 44.6 Å². The van der Waals surface area contributed by atoms with E-state index in [-0.39, 0.29) is 12.8 Å². The van der Waals surface area contributed by atoms with Gasteiger partial charge in [-0.3, -0.25) is 18.6 Å². The van der Waals surface area contributed by atoms with Gasteiger partial charge in [-0.1, -0.05) is 199 Å². The van der Waals surface area contributed by atoms with Gasteiger partial charge in [0.15, 0.2) is 6.10 Å². The molecular formula is C51H95O13P. The van der Waals surface area contributed by atoms with Gasteiger partial charge in [0, 0.05) is 12.8 Å². The van der Waals surface area contributed by atoms with Crippen molar-refractivity contribution in [2.45, 2.75) is 275 Å². The molecule has 13 nitrogen and oxygen atoms in total. The number of allylic oxidation sites excluding steroid dienone is 4. The highest BCUT2D eigenvalue weighted by molar-refractivity contribution is 7.47. The van der Waals surface area contributed by atoms with Crippen molar-refractivity contribution in [2.24, 2.45) is 0 Å². The summed E-state index contributed by atoms with van der Waals surface area (Å²) in [5.41, 5.74) is 0. The molecule has 0 aromatic carbocycles. The molecule has 8 atom stereocenters. The first kappa shape index (κ1) is 61.3. The molecular weight excluding hydrogens is 852 g/mol. The Bertz CT molecular complexity index is 1230. The number of phosphoric acid groups is 1. The number of aliphatic hydroxyl groups excluding tert-OH is 5. The van der Waals surface area contributed by atoms with Crippen molar-refractivity contribution in [3.8, 4) is 0 Å². The van der Waals surface area contributed by atoms with Crippen LogP contribution in [0.3, 0.4) is 0 Å². The van der Waals surface area contributed by atoms with E-state index in [4.69, 9.17) is 18.5 Å². The Labute approximate surface area is 394 Å². The van der Waals surface area contributed by atoms with Crippen molar-refractivity contribution in [3.05, 3.63) is 24.3 Å². The fourth-order valence-electron chi connectivity index (χ4n) is 8.08. The molecule has 14 heteroatoms. The van der Waals surface area contributed by atoms with Crippen LogP contribution in [0.4, 0.5) is 0 Å². The second-order valence-corrected chi connectivity index (χ2v) is 19.8. The van der Waals surface area contributed by atoms with Gasteiger partial charge in [0.1, 0.15) is 43.2 Å². The fourth-order valence-corrected chi connectivity index (χ4v) is 9.06. The molecule has 0 aromatic rings. The van der Waals surface area contributed by atoms with Crippen molar-refractivity contribution < 1.29 is 63.1 Å². The lowest BCUT2D eigenvalue weighted by Crippen LogP contribution is -2.64. The van der Waals surface area contributed by atoms with E-state index in [2.05, 4.69) is 38.2 Å². The largest absolute Gasteiger partial charge is 0.472 e. The minimum atomic E-state index is -5.13. The first-order valence-corrected chi connectivity index (χ1v) is 27.6. The van der Waals surface area contributed by atoms with E-state index >= 15 is 0 Å². The maximum Gasteiger partial charge on any atom is 0.472 e. The summed E-state index contributed by atoms with van der Waals surface area (Å²) in [6.45, 7) is 3.30. The third-order valence-electron chi connectivity index (χ3n) is 12.3. The fraction of sp³-hybridized carbons (Fsp3) is 0.882. The van der Waals surface area contributed by atoms with Crippen LogP contribution in [-0.2, 0) is 32.7 Å². The van der Waals surface area contributed by atoms with Crippen LogP contribution in [0.15, 0.2) is 24.3 Å². The normalized spacial score (nSPS) is 21.5. The number of carbonyl (C=O) groups is 2. The Morgan fingerprint density at radius 2 is 0.831 bits per heavy atom. The molecule has 0 spiro atoms. The van der Waals surface area contributed by atoms with Crippen LogP contribution in [0.25, 0.3) is 0 Å². The number of esters is 2. The monoisotopic (exact) mass is 947 g/mol. The molecule has 6 unspecified atom stereocenters. The van der Waals surface area contributed by atoms with Gasteiger partial charge in [0.25, 0.3) is 0 Å². The second kappa shape index (κ2) is 41.3. The van der Waals surface area contributed by atoms with Gasteiger partial charge in [-0.25, -0.2) is 4.57 Å². The van der Waals surface area contributed by atoms with Gasteiger partial charge in [-0.2, -0.15) is 0 Å². The lowest BCUT2D eigenvalue weighted by Gasteiger charge is -2.41. The lowest BCUT2D eigenvalue weighted by molar-refractivity contribution is -0.220. The first-order valence-electron chi connectivity index (χ1n) is 26.1. The van der Waals surface area contributed by atoms with E-state index in [1.165, 1.54) is 141 Å². The van der Waals surface area contributed by atoms with Crippen molar-refractivity contribution in [3.63, 3.8) is 0 Å². The minimum absolute atomic E-state index is 0.0950. The molecule has 0 aromatic heterocycles. The molecule has 0 radical (unpaired) electrons. The second-order valence-electron chi connectivity index (χ2n) is 18.4. The van der Waals surface area contributed by atoms with E-state index in [0.29, 0.717) is 12.8 Å². The van der Waals surface area contributed by atoms with Crippen molar-refractivity contribution in [1.29, 1.82) is 0 Å². The summed E-state index contributed by atoms with van der Waals surface area (Å²) in [4.78, 5) is 35.8. The molecule has 1 rings (SSSR count). The number of unbranched alkanes of at least 4 members (excludes halogenated alkanes) is 28. The molecule has 1 aliphatic rings. The van der Waals surface area contributed by atoms with Crippen molar-refractivity contribution in [1.82, 2.24) is 0 Å². The zero-order valence-electron chi connectivity index (χ0n) is 40.8. The van der Waals surface area contributed by atoms with Gasteiger partial charge >= 0.3 is 19.8 Å². The van der Waals surface area contributed by atoms with Crippen LogP contribution >= 0.6 is 7.82 Å². The Balaban J connectivity index is 2.39. The molecule has 0 aliphatic heterocycles. The standard InChI is InChI=1S/C51H95O13P/c1-3-5-7-9-11-13-15-17-19-20-21-22-23-24-26-28-30-32-34-36-38-40-45(53)63-43(42-62-65(59,60)64-51-49(57)47(55)46(54)48(56)50(51)58)41-61-44(52)39-37-35-33-31-29-27-25-18-16-14-12-10-8-6-4-2/h18,25,29,31,43,46-51,54-58H,3-17,19-24,26-28,30,32-42H2,1-2H3,(H,59,60)/b25-18+,31-29+/t43-,46?,47-,48?,49?,50?,51?/m1/s1. The Hall–Kier alpha value is -1.67. The number of hydrogen-bond donors (Lipinski definition) is 6. The van der Waals surface area contributed by atoms with Crippen molar-refractivity contribution in [2.75, 3.05) is 13.2 Å². The Morgan fingerprint density at radius 1 is 0.477 bits per heavy atom. The topological polar surface area (TPSA) is 210 Å². The number of carbonyl (C=O) groups excluding carboxylic acids is 2. The molecule has 1 fully saturated rings. The van der Waals surface area contributed by atoms with Gasteiger partial charge in [-0.05, 0) is 44.9 Å².